The van der Waals surface area contributed by atoms with Crippen LogP contribution in [0, 0.1) is 0 Å². The van der Waals surface area contributed by atoms with E-state index < -0.39 is 0 Å². The summed E-state index contributed by atoms with van der Waals surface area (Å²) in [6, 6.07) is 11.0. The Morgan fingerprint density at radius 2 is 1.83 bits per heavy atom. The van der Waals surface area contributed by atoms with E-state index in [1.54, 1.807) is 19.2 Å². The summed E-state index contributed by atoms with van der Waals surface area (Å²) in [5.74, 6) is 1.45. The fourth-order valence-electron chi connectivity index (χ4n) is 1.44. The van der Waals surface area contributed by atoms with Crippen LogP contribution in [0.25, 0.3) is 0 Å². The van der Waals surface area contributed by atoms with Gasteiger partial charge >= 0.3 is 0 Å². The van der Waals surface area contributed by atoms with Gasteiger partial charge in [0.25, 0.3) is 0 Å². The first-order valence-electron chi connectivity index (χ1n) is 5.49. The Hall–Kier alpha value is -2.36. The van der Waals surface area contributed by atoms with Gasteiger partial charge in [0.15, 0.2) is 6.29 Å². The number of carbonyl (C=O) groups is 1. The molecule has 2 rings (SSSR count). The zero-order valence-corrected chi connectivity index (χ0v) is 10.00. The van der Waals surface area contributed by atoms with Crippen molar-refractivity contribution in [2.75, 3.05) is 7.11 Å². The van der Waals surface area contributed by atoms with Crippen LogP contribution < -0.4 is 9.47 Å². The molecule has 0 aliphatic carbocycles. The normalized spacial score (nSPS) is 9.83. The zero-order valence-electron chi connectivity index (χ0n) is 10.00. The second-order valence-corrected chi connectivity index (χ2v) is 3.67. The van der Waals surface area contributed by atoms with Gasteiger partial charge in [0.1, 0.15) is 23.8 Å². The van der Waals surface area contributed by atoms with Crippen molar-refractivity contribution < 1.29 is 14.3 Å². The highest BCUT2D eigenvalue weighted by molar-refractivity contribution is 5.71. The molecule has 0 radical (unpaired) electrons. The minimum Gasteiger partial charge on any atom is -0.497 e. The predicted octanol–water partition coefficient (Wildman–Crippen LogP) is 2.48. The minimum atomic E-state index is 0.395. The molecule has 92 valence electrons. The average Bonchev–Trinajstić information content (AvgIpc) is 2.46. The van der Waals surface area contributed by atoms with E-state index >= 15 is 0 Å². The van der Waals surface area contributed by atoms with Crippen LogP contribution in [0.1, 0.15) is 16.1 Å². The molecular weight excluding hydrogens is 230 g/mol. The number of benzene rings is 1. The average molecular weight is 243 g/mol. The van der Waals surface area contributed by atoms with E-state index in [1.807, 2.05) is 24.3 Å². The Morgan fingerprint density at radius 3 is 2.39 bits per heavy atom. The summed E-state index contributed by atoms with van der Waals surface area (Å²) in [6.45, 7) is 0.451. The number of methoxy groups -OCH3 is 1. The molecule has 0 saturated heterocycles. The zero-order chi connectivity index (χ0) is 12.8. The van der Waals surface area contributed by atoms with E-state index in [2.05, 4.69) is 4.98 Å². The van der Waals surface area contributed by atoms with Crippen LogP contribution in [0.5, 0.6) is 11.5 Å². The lowest BCUT2D eigenvalue weighted by Gasteiger charge is -2.06. The molecule has 4 heteroatoms. The number of aromatic nitrogens is 1. The van der Waals surface area contributed by atoms with Crippen molar-refractivity contribution in [2.45, 2.75) is 6.61 Å². The molecule has 0 aliphatic heterocycles. The van der Waals surface area contributed by atoms with Gasteiger partial charge in [-0.3, -0.25) is 4.79 Å². The van der Waals surface area contributed by atoms with Crippen LogP contribution in [0.3, 0.4) is 0 Å². The van der Waals surface area contributed by atoms with Crippen LogP contribution in [-0.2, 0) is 6.61 Å². The summed E-state index contributed by atoms with van der Waals surface area (Å²) in [4.78, 5) is 14.4. The first-order valence-corrected chi connectivity index (χ1v) is 5.49. The van der Waals surface area contributed by atoms with E-state index in [0.717, 1.165) is 11.3 Å². The maximum atomic E-state index is 10.4. The lowest BCUT2D eigenvalue weighted by Crippen LogP contribution is -1.96. The Morgan fingerprint density at radius 1 is 1.11 bits per heavy atom. The number of nitrogens with zero attached hydrogens (tertiary/aromatic N) is 1. The number of hydrogen-bond donors (Lipinski definition) is 0. The first-order chi connectivity index (χ1) is 8.81. The second kappa shape index (κ2) is 5.82. The van der Waals surface area contributed by atoms with Crippen molar-refractivity contribution in [2.24, 2.45) is 0 Å². The Bertz CT molecular complexity index is 506. The van der Waals surface area contributed by atoms with Gasteiger partial charge in [-0.2, -0.15) is 0 Å². The molecule has 0 unspecified atom stereocenters. The van der Waals surface area contributed by atoms with Gasteiger partial charge in [0.2, 0.25) is 0 Å². The van der Waals surface area contributed by atoms with E-state index in [4.69, 9.17) is 9.47 Å². The molecule has 0 bridgehead atoms. The summed E-state index contributed by atoms with van der Waals surface area (Å²) in [5, 5.41) is 0. The van der Waals surface area contributed by atoms with Crippen LogP contribution in [-0.4, -0.2) is 18.4 Å². The van der Waals surface area contributed by atoms with Gasteiger partial charge in [-0.15, -0.1) is 0 Å². The quantitative estimate of drug-likeness (QED) is 0.757. The third kappa shape index (κ3) is 3.07. The molecule has 0 aliphatic rings. The molecule has 2 aromatic rings. The number of carbonyl (C=O) groups excluding carboxylic acids is 1. The molecule has 0 N–H and O–H groups in total. The fraction of sp³-hybridized carbons (Fsp3) is 0.143. The number of aldehydes is 1. The van der Waals surface area contributed by atoms with E-state index in [9.17, 15) is 4.79 Å². The number of hydrogen-bond acceptors (Lipinski definition) is 4. The third-order valence-corrected chi connectivity index (χ3v) is 2.44. The maximum absolute atomic E-state index is 10.4. The van der Waals surface area contributed by atoms with Crippen molar-refractivity contribution in [1.29, 1.82) is 0 Å². The minimum absolute atomic E-state index is 0.395. The van der Waals surface area contributed by atoms with Gasteiger partial charge in [-0.1, -0.05) is 12.1 Å². The SMILES string of the molecule is COc1ccc(COc2ccc(C=O)nc2)cc1. The highest BCUT2D eigenvalue weighted by atomic mass is 16.5. The largest absolute Gasteiger partial charge is 0.497 e. The summed E-state index contributed by atoms with van der Waals surface area (Å²) in [6.07, 6.45) is 2.24. The third-order valence-electron chi connectivity index (χ3n) is 2.44. The van der Waals surface area contributed by atoms with Gasteiger partial charge in [0.05, 0.1) is 13.3 Å². The standard InChI is InChI=1S/C14H13NO3/c1-17-13-5-2-11(3-6-13)10-18-14-7-4-12(9-16)15-8-14/h2-9H,10H2,1H3. The van der Waals surface area contributed by atoms with Crippen molar-refractivity contribution in [3.8, 4) is 11.5 Å². The van der Waals surface area contributed by atoms with Crippen LogP contribution >= 0.6 is 0 Å². The number of ether oxygens (including phenoxy) is 2. The van der Waals surface area contributed by atoms with E-state index in [1.165, 1.54) is 6.20 Å². The fourth-order valence-corrected chi connectivity index (χ4v) is 1.44. The van der Waals surface area contributed by atoms with Crippen molar-refractivity contribution in [3.63, 3.8) is 0 Å². The molecule has 0 fully saturated rings. The molecular formula is C14H13NO3. The Kier molecular flexibility index (Phi) is 3.91. The lowest BCUT2D eigenvalue weighted by atomic mass is 10.2. The van der Waals surface area contributed by atoms with Crippen LogP contribution in [0.4, 0.5) is 0 Å². The van der Waals surface area contributed by atoms with E-state index in [0.29, 0.717) is 24.3 Å². The summed E-state index contributed by atoms with van der Waals surface area (Å²) in [5.41, 5.74) is 1.43. The predicted molar refractivity (Wildman–Crippen MR) is 67.0 cm³/mol. The van der Waals surface area contributed by atoms with Crippen LogP contribution in [0.15, 0.2) is 42.6 Å². The summed E-state index contributed by atoms with van der Waals surface area (Å²) in [7, 11) is 1.63. The monoisotopic (exact) mass is 243 g/mol. The van der Waals surface area contributed by atoms with Crippen molar-refractivity contribution in [1.82, 2.24) is 4.98 Å². The molecule has 1 aromatic heterocycles. The molecule has 1 aromatic carbocycles. The number of rotatable bonds is 5. The maximum Gasteiger partial charge on any atom is 0.168 e. The number of pyridine rings is 1. The van der Waals surface area contributed by atoms with Gasteiger partial charge in [-0.05, 0) is 29.8 Å². The van der Waals surface area contributed by atoms with E-state index in [-0.39, 0.29) is 0 Å². The topological polar surface area (TPSA) is 48.4 Å². The Balaban J connectivity index is 1.95. The molecule has 0 amide bonds. The van der Waals surface area contributed by atoms with Gasteiger partial charge in [0, 0.05) is 0 Å². The highest BCUT2D eigenvalue weighted by Gasteiger charge is 1.98. The molecule has 18 heavy (non-hydrogen) atoms. The van der Waals surface area contributed by atoms with Gasteiger partial charge in [-0.25, -0.2) is 4.98 Å². The molecule has 0 spiro atoms. The first kappa shape index (κ1) is 12.1. The van der Waals surface area contributed by atoms with Gasteiger partial charge < -0.3 is 9.47 Å². The molecule has 1 heterocycles. The summed E-state index contributed by atoms with van der Waals surface area (Å²) < 4.78 is 10.6. The van der Waals surface area contributed by atoms with Crippen LogP contribution in [0.2, 0.25) is 0 Å². The molecule has 4 nitrogen and oxygen atoms in total. The van der Waals surface area contributed by atoms with Crippen molar-refractivity contribution >= 4 is 6.29 Å². The molecule has 0 atom stereocenters. The second-order valence-electron chi connectivity index (χ2n) is 3.67. The van der Waals surface area contributed by atoms with Crippen molar-refractivity contribution in [3.05, 3.63) is 53.9 Å². The molecule has 0 saturated carbocycles. The smallest absolute Gasteiger partial charge is 0.168 e. The highest BCUT2D eigenvalue weighted by Crippen LogP contribution is 2.14. The lowest BCUT2D eigenvalue weighted by molar-refractivity contribution is 0.111. The summed E-state index contributed by atoms with van der Waals surface area (Å²) >= 11 is 0. The Labute approximate surface area is 105 Å².